The Balaban J connectivity index is 1.71. The summed E-state index contributed by atoms with van der Waals surface area (Å²) in [5, 5.41) is 11.2. The molecule has 6 nitrogen and oxygen atoms in total. The van der Waals surface area contributed by atoms with E-state index in [2.05, 4.69) is 15.3 Å². The average Bonchev–Trinajstić information content (AvgIpc) is 3.47. The lowest BCUT2D eigenvalue weighted by Gasteiger charge is -2.34. The molecule has 11 heteroatoms. The van der Waals surface area contributed by atoms with E-state index in [0.717, 1.165) is 17.8 Å². The van der Waals surface area contributed by atoms with Crippen LogP contribution in [0.4, 0.5) is 23.2 Å². The van der Waals surface area contributed by atoms with E-state index in [4.69, 9.17) is 11.0 Å². The number of rotatable bonds is 4. The molecule has 0 spiro atoms. The number of thioether (sulfide) groups is 1. The molecule has 1 saturated carbocycles. The maximum Gasteiger partial charge on any atom is 0.274 e. The molecule has 1 aromatic heterocycles. The number of halogens is 4. The quantitative estimate of drug-likeness (QED) is 0.665. The van der Waals surface area contributed by atoms with Crippen LogP contribution in [0.15, 0.2) is 29.4 Å². The standard InChI is InChI=1S/C21H17F4N5OS/c1-9-3-10(7-26)8-28-16(9)17(31)29-11-4-12(15(23)13(22)5-11)20(2)14-6-21(14,18(24)25)32-19(27)30-20/h3-5,8,14,18H,6H2,1-2H3,(H2,27,30)(H,29,31)/t14-,20-,21-/m0/s1. The minimum absolute atomic E-state index is 0.00302. The van der Waals surface area contributed by atoms with Crippen LogP contribution in [0.3, 0.4) is 0 Å². The lowest BCUT2D eigenvalue weighted by atomic mass is 9.85. The third kappa shape index (κ3) is 3.39. The summed E-state index contributed by atoms with van der Waals surface area (Å²) in [7, 11) is 0. The summed E-state index contributed by atoms with van der Waals surface area (Å²) in [5.41, 5.74) is 4.56. The van der Waals surface area contributed by atoms with Gasteiger partial charge in [0.05, 0.1) is 15.8 Å². The van der Waals surface area contributed by atoms with E-state index < -0.39 is 40.2 Å². The molecular weight excluding hydrogens is 446 g/mol. The summed E-state index contributed by atoms with van der Waals surface area (Å²) in [6.45, 7) is 3.01. The topological polar surface area (TPSA) is 104 Å². The fraction of sp³-hybridized carbons (Fsp3) is 0.333. The Labute approximate surface area is 184 Å². The molecule has 3 N–H and O–H groups in total. The molecule has 1 amide bonds. The summed E-state index contributed by atoms with van der Waals surface area (Å²) in [6.07, 6.45) is -1.46. The molecule has 1 aliphatic heterocycles. The lowest BCUT2D eigenvalue weighted by molar-refractivity contribution is 0.102. The number of nitriles is 1. The number of amidine groups is 1. The zero-order chi connectivity index (χ0) is 23.4. The third-order valence-electron chi connectivity index (χ3n) is 5.89. The van der Waals surface area contributed by atoms with Crippen molar-refractivity contribution in [2.45, 2.75) is 37.0 Å². The van der Waals surface area contributed by atoms with Crippen LogP contribution in [-0.2, 0) is 5.54 Å². The first-order valence-electron chi connectivity index (χ1n) is 9.52. The van der Waals surface area contributed by atoms with Crippen LogP contribution in [0, 0.1) is 35.8 Å². The van der Waals surface area contributed by atoms with Crippen LogP contribution in [0.2, 0.25) is 0 Å². The number of aliphatic imine (C=N–C) groups is 1. The molecule has 3 atom stereocenters. The summed E-state index contributed by atoms with van der Waals surface area (Å²) < 4.78 is 55.2. The van der Waals surface area contributed by atoms with Crippen molar-refractivity contribution >= 4 is 28.5 Å². The Kier molecular flexibility index (Phi) is 5.16. The average molecular weight is 463 g/mol. The molecule has 1 aromatic carbocycles. The number of carbonyl (C=O) groups is 1. The van der Waals surface area contributed by atoms with E-state index in [1.54, 1.807) is 6.92 Å². The largest absolute Gasteiger partial charge is 0.378 e. The van der Waals surface area contributed by atoms with Crippen LogP contribution >= 0.6 is 11.8 Å². The van der Waals surface area contributed by atoms with Crippen molar-refractivity contribution in [1.82, 2.24) is 4.98 Å². The monoisotopic (exact) mass is 463 g/mol. The highest BCUT2D eigenvalue weighted by Gasteiger charge is 2.71. The van der Waals surface area contributed by atoms with Crippen molar-refractivity contribution in [2.75, 3.05) is 5.32 Å². The van der Waals surface area contributed by atoms with Gasteiger partial charge in [-0.25, -0.2) is 22.5 Å². The number of nitrogens with zero attached hydrogens (tertiary/aromatic N) is 3. The van der Waals surface area contributed by atoms with Gasteiger partial charge in [0.15, 0.2) is 16.8 Å². The number of hydrogen-bond acceptors (Lipinski definition) is 6. The summed E-state index contributed by atoms with van der Waals surface area (Å²) in [6, 6.07) is 5.34. The number of benzene rings is 1. The number of fused-ring (bicyclic) bond motifs is 1. The molecule has 2 heterocycles. The first-order valence-corrected chi connectivity index (χ1v) is 10.3. The Morgan fingerprint density at radius 2 is 2.09 bits per heavy atom. The zero-order valence-corrected chi connectivity index (χ0v) is 17.7. The van der Waals surface area contributed by atoms with Crippen molar-refractivity contribution in [1.29, 1.82) is 5.26 Å². The number of hydrogen-bond donors (Lipinski definition) is 2. The zero-order valence-electron chi connectivity index (χ0n) is 16.9. The van der Waals surface area contributed by atoms with Gasteiger partial charge >= 0.3 is 0 Å². The summed E-state index contributed by atoms with van der Waals surface area (Å²) >= 11 is 0.755. The number of pyridine rings is 1. The number of anilines is 1. The molecule has 1 aliphatic carbocycles. The molecule has 0 bridgehead atoms. The molecule has 1 fully saturated rings. The SMILES string of the molecule is Cc1cc(C#N)cnc1C(=O)Nc1cc(F)c(F)c([C@]2(C)N=C(N)S[C@@]3(C(F)F)C[C@@H]23)c1. The summed E-state index contributed by atoms with van der Waals surface area (Å²) in [5.74, 6) is -3.96. The molecule has 0 unspecified atom stereocenters. The number of amides is 1. The normalized spacial score (nSPS) is 26.2. The maximum absolute atomic E-state index is 14.8. The minimum Gasteiger partial charge on any atom is -0.378 e. The van der Waals surface area contributed by atoms with Gasteiger partial charge in [0.2, 0.25) is 0 Å². The maximum atomic E-state index is 14.8. The number of carbonyl (C=O) groups excluding carboxylic acids is 1. The van der Waals surface area contributed by atoms with Gasteiger partial charge in [-0.2, -0.15) is 5.26 Å². The van der Waals surface area contributed by atoms with E-state index in [1.807, 2.05) is 6.07 Å². The molecule has 0 saturated heterocycles. The molecular formula is C21H17F4N5OS. The number of nitrogens with two attached hydrogens (primary N) is 1. The smallest absolute Gasteiger partial charge is 0.274 e. The molecule has 2 aromatic rings. The fourth-order valence-electron chi connectivity index (χ4n) is 4.20. The number of nitrogens with one attached hydrogen (secondary N) is 1. The van der Waals surface area contributed by atoms with E-state index in [1.165, 1.54) is 25.3 Å². The van der Waals surface area contributed by atoms with Gasteiger partial charge in [0.1, 0.15) is 11.8 Å². The molecule has 32 heavy (non-hydrogen) atoms. The highest BCUT2D eigenvalue weighted by molar-refractivity contribution is 8.15. The first kappa shape index (κ1) is 22.1. The molecule has 2 aliphatic rings. The minimum atomic E-state index is -2.72. The van der Waals surface area contributed by atoms with Gasteiger partial charge in [-0.15, -0.1) is 0 Å². The van der Waals surface area contributed by atoms with Gasteiger partial charge < -0.3 is 11.1 Å². The van der Waals surface area contributed by atoms with Crippen molar-refractivity contribution in [3.05, 3.63) is 58.4 Å². The van der Waals surface area contributed by atoms with Gasteiger partial charge in [0, 0.05) is 29.4 Å². The van der Waals surface area contributed by atoms with E-state index in [9.17, 15) is 22.4 Å². The highest BCUT2D eigenvalue weighted by atomic mass is 32.2. The highest BCUT2D eigenvalue weighted by Crippen LogP contribution is 2.68. The second-order valence-electron chi connectivity index (χ2n) is 7.99. The van der Waals surface area contributed by atoms with Gasteiger partial charge in [-0.3, -0.25) is 9.79 Å². The predicted molar refractivity (Wildman–Crippen MR) is 111 cm³/mol. The van der Waals surface area contributed by atoms with Crippen LogP contribution in [0.5, 0.6) is 0 Å². The second kappa shape index (κ2) is 7.48. The molecule has 166 valence electrons. The van der Waals surface area contributed by atoms with Gasteiger partial charge in [0.25, 0.3) is 12.3 Å². The van der Waals surface area contributed by atoms with Crippen LogP contribution in [-0.4, -0.2) is 27.2 Å². The predicted octanol–water partition coefficient (Wildman–Crippen LogP) is 4.09. The van der Waals surface area contributed by atoms with E-state index >= 15 is 0 Å². The second-order valence-corrected chi connectivity index (χ2v) is 9.37. The van der Waals surface area contributed by atoms with E-state index in [-0.39, 0.29) is 34.1 Å². The summed E-state index contributed by atoms with van der Waals surface area (Å²) in [4.78, 5) is 20.8. The lowest BCUT2D eigenvalue weighted by Crippen LogP contribution is -2.39. The number of aryl methyl sites for hydroxylation is 1. The van der Waals surface area contributed by atoms with E-state index in [0.29, 0.717) is 5.56 Å². The Hall–Kier alpha value is -3.13. The van der Waals surface area contributed by atoms with Crippen LogP contribution in [0.1, 0.15) is 40.5 Å². The van der Waals surface area contributed by atoms with Crippen LogP contribution < -0.4 is 11.1 Å². The molecule has 0 radical (unpaired) electrons. The van der Waals surface area contributed by atoms with Crippen molar-refractivity contribution in [3.63, 3.8) is 0 Å². The van der Waals surface area contributed by atoms with Crippen molar-refractivity contribution in [3.8, 4) is 6.07 Å². The fourth-order valence-corrected chi connectivity index (χ4v) is 5.53. The van der Waals surface area contributed by atoms with Crippen molar-refractivity contribution in [2.24, 2.45) is 16.6 Å². The Morgan fingerprint density at radius 3 is 2.72 bits per heavy atom. The number of alkyl halides is 2. The van der Waals surface area contributed by atoms with Crippen LogP contribution in [0.25, 0.3) is 0 Å². The number of aromatic nitrogens is 1. The Bertz CT molecular complexity index is 1210. The van der Waals surface area contributed by atoms with Gasteiger partial charge in [-0.1, -0.05) is 11.8 Å². The van der Waals surface area contributed by atoms with Crippen molar-refractivity contribution < 1.29 is 22.4 Å². The third-order valence-corrected chi connectivity index (χ3v) is 7.20. The van der Waals surface area contributed by atoms with Gasteiger partial charge in [-0.05, 0) is 38.0 Å². The molecule has 4 rings (SSSR count). The Morgan fingerprint density at radius 1 is 1.38 bits per heavy atom. The first-order chi connectivity index (χ1) is 15.0.